The van der Waals surface area contributed by atoms with Crippen LogP contribution < -0.4 is 0 Å². The van der Waals surface area contributed by atoms with E-state index in [1.54, 1.807) is 12.1 Å². The van der Waals surface area contributed by atoms with Gasteiger partial charge in [-0.3, -0.25) is 0 Å². The Morgan fingerprint density at radius 3 is 1.71 bits per heavy atom. The molecular formula is C20H27F. The Kier molecular flexibility index (Phi) is 7.74. The van der Waals surface area contributed by atoms with Gasteiger partial charge in [0.1, 0.15) is 5.82 Å². The minimum atomic E-state index is -0.166. The second-order valence-electron chi connectivity index (χ2n) is 4.99. The van der Waals surface area contributed by atoms with Crippen LogP contribution in [0.4, 0.5) is 4.39 Å². The van der Waals surface area contributed by atoms with Gasteiger partial charge in [-0.05, 0) is 41.7 Å². The highest BCUT2D eigenvalue weighted by Crippen LogP contribution is 2.29. The average Bonchev–Trinajstić information content (AvgIpc) is 2.56. The van der Waals surface area contributed by atoms with Crippen molar-refractivity contribution in [3.8, 4) is 0 Å². The van der Waals surface area contributed by atoms with Gasteiger partial charge in [-0.2, -0.15) is 0 Å². The third-order valence-corrected chi connectivity index (χ3v) is 3.64. The molecule has 1 atom stereocenters. The minimum Gasteiger partial charge on any atom is -0.207 e. The normalized spacial score (nSPS) is 11.5. The molecule has 0 aliphatic carbocycles. The Balaban J connectivity index is 0.00000106. The second-order valence-corrected chi connectivity index (χ2v) is 4.99. The maximum atomic E-state index is 13.0. The van der Waals surface area contributed by atoms with Crippen molar-refractivity contribution in [3.63, 3.8) is 0 Å². The van der Waals surface area contributed by atoms with Crippen LogP contribution in [0, 0.1) is 5.82 Å². The summed E-state index contributed by atoms with van der Waals surface area (Å²) in [5.41, 5.74) is 3.89. The lowest BCUT2D eigenvalue weighted by molar-refractivity contribution is 0.624. The van der Waals surface area contributed by atoms with Crippen LogP contribution in [0.2, 0.25) is 0 Å². The van der Waals surface area contributed by atoms with Crippen molar-refractivity contribution in [2.24, 2.45) is 0 Å². The second kappa shape index (κ2) is 9.33. The molecule has 1 unspecified atom stereocenters. The Bertz CT molecular complexity index is 496. The number of hydrogen-bond donors (Lipinski definition) is 0. The molecule has 114 valence electrons. The molecular weight excluding hydrogens is 259 g/mol. The molecule has 0 aromatic heterocycles. The standard InChI is InChI=1S/C18H21F.C2H6/c1-3-5-18(16-10-12-17(19)13-11-16)15-8-6-14(4-2)7-9-15;1-2/h6-13,18H,3-5H2,1-2H3;1-2H3. The van der Waals surface area contributed by atoms with Gasteiger partial charge in [0, 0.05) is 5.92 Å². The maximum absolute atomic E-state index is 13.0. The Hall–Kier alpha value is -1.63. The SMILES string of the molecule is CC.CCCC(c1ccc(F)cc1)c1ccc(CC)cc1. The van der Waals surface area contributed by atoms with E-state index in [4.69, 9.17) is 0 Å². The Morgan fingerprint density at radius 2 is 1.29 bits per heavy atom. The fourth-order valence-electron chi connectivity index (χ4n) is 2.50. The topological polar surface area (TPSA) is 0 Å². The first-order chi connectivity index (χ1) is 10.2. The Labute approximate surface area is 129 Å². The Morgan fingerprint density at radius 1 is 0.810 bits per heavy atom. The largest absolute Gasteiger partial charge is 0.207 e. The van der Waals surface area contributed by atoms with Gasteiger partial charge in [-0.15, -0.1) is 0 Å². The fourth-order valence-corrected chi connectivity index (χ4v) is 2.50. The highest BCUT2D eigenvalue weighted by Gasteiger charge is 2.13. The molecule has 21 heavy (non-hydrogen) atoms. The van der Waals surface area contributed by atoms with Crippen molar-refractivity contribution in [1.29, 1.82) is 0 Å². The van der Waals surface area contributed by atoms with E-state index in [0.29, 0.717) is 5.92 Å². The molecule has 0 nitrogen and oxygen atoms in total. The highest BCUT2D eigenvalue weighted by molar-refractivity contribution is 5.34. The number of halogens is 1. The molecule has 0 aliphatic heterocycles. The summed E-state index contributed by atoms with van der Waals surface area (Å²) < 4.78 is 13.0. The summed E-state index contributed by atoms with van der Waals surface area (Å²) in [6.45, 7) is 8.36. The summed E-state index contributed by atoms with van der Waals surface area (Å²) in [5, 5.41) is 0. The molecule has 1 heteroatoms. The number of rotatable bonds is 5. The summed E-state index contributed by atoms with van der Waals surface area (Å²) in [6, 6.07) is 15.7. The smallest absolute Gasteiger partial charge is 0.123 e. The van der Waals surface area contributed by atoms with E-state index in [-0.39, 0.29) is 5.82 Å². The lowest BCUT2D eigenvalue weighted by Crippen LogP contribution is -2.01. The molecule has 0 spiro atoms. The van der Waals surface area contributed by atoms with Gasteiger partial charge in [0.15, 0.2) is 0 Å². The average molecular weight is 286 g/mol. The molecule has 0 aliphatic rings. The van der Waals surface area contributed by atoms with Crippen LogP contribution in [0.3, 0.4) is 0 Å². The van der Waals surface area contributed by atoms with Gasteiger partial charge in [0.2, 0.25) is 0 Å². The summed E-state index contributed by atoms with van der Waals surface area (Å²) in [7, 11) is 0. The van der Waals surface area contributed by atoms with Crippen molar-refractivity contribution in [2.45, 2.75) is 52.9 Å². The van der Waals surface area contributed by atoms with Crippen molar-refractivity contribution >= 4 is 0 Å². The lowest BCUT2D eigenvalue weighted by atomic mass is 9.87. The monoisotopic (exact) mass is 286 g/mol. The van der Waals surface area contributed by atoms with Gasteiger partial charge in [-0.1, -0.05) is 70.5 Å². The maximum Gasteiger partial charge on any atom is 0.123 e. The molecule has 2 rings (SSSR count). The van der Waals surface area contributed by atoms with E-state index in [1.165, 1.54) is 16.7 Å². The highest BCUT2D eigenvalue weighted by atomic mass is 19.1. The third kappa shape index (κ3) is 5.00. The predicted octanol–water partition coefficient (Wildman–Crippen LogP) is 6.35. The van der Waals surface area contributed by atoms with E-state index in [9.17, 15) is 4.39 Å². The fraction of sp³-hybridized carbons (Fsp3) is 0.400. The number of hydrogen-bond acceptors (Lipinski definition) is 0. The summed E-state index contributed by atoms with van der Waals surface area (Å²) >= 11 is 0. The van der Waals surface area contributed by atoms with Crippen molar-refractivity contribution in [1.82, 2.24) is 0 Å². The van der Waals surface area contributed by atoms with Gasteiger partial charge in [-0.25, -0.2) is 4.39 Å². The summed E-state index contributed by atoms with van der Waals surface area (Å²) in [4.78, 5) is 0. The first-order valence-corrected chi connectivity index (χ1v) is 8.09. The van der Waals surface area contributed by atoms with E-state index in [0.717, 1.165) is 19.3 Å². The molecule has 0 N–H and O–H groups in total. The summed E-state index contributed by atoms with van der Waals surface area (Å²) in [5.74, 6) is 0.205. The van der Waals surface area contributed by atoms with Crippen LogP contribution in [-0.4, -0.2) is 0 Å². The minimum absolute atomic E-state index is 0.166. The van der Waals surface area contributed by atoms with Crippen molar-refractivity contribution in [3.05, 3.63) is 71.0 Å². The molecule has 2 aromatic carbocycles. The van der Waals surface area contributed by atoms with Crippen LogP contribution in [0.5, 0.6) is 0 Å². The summed E-state index contributed by atoms with van der Waals surface area (Å²) in [6.07, 6.45) is 3.28. The van der Waals surface area contributed by atoms with E-state index in [1.807, 2.05) is 26.0 Å². The van der Waals surface area contributed by atoms with Crippen LogP contribution >= 0.6 is 0 Å². The zero-order valence-corrected chi connectivity index (χ0v) is 13.7. The van der Waals surface area contributed by atoms with Crippen LogP contribution in [-0.2, 0) is 6.42 Å². The van der Waals surface area contributed by atoms with Crippen molar-refractivity contribution < 1.29 is 4.39 Å². The number of benzene rings is 2. The third-order valence-electron chi connectivity index (χ3n) is 3.64. The molecule has 0 saturated carbocycles. The van der Waals surface area contributed by atoms with Gasteiger partial charge >= 0.3 is 0 Å². The van der Waals surface area contributed by atoms with Crippen molar-refractivity contribution in [2.75, 3.05) is 0 Å². The number of aryl methyl sites for hydroxylation is 1. The zero-order chi connectivity index (χ0) is 15.7. The van der Waals surface area contributed by atoms with Gasteiger partial charge < -0.3 is 0 Å². The van der Waals surface area contributed by atoms with Crippen LogP contribution in [0.1, 0.15) is 63.1 Å². The molecule has 0 bridgehead atoms. The molecule has 0 fully saturated rings. The molecule has 0 amide bonds. The lowest BCUT2D eigenvalue weighted by Gasteiger charge is -2.17. The van der Waals surface area contributed by atoms with E-state index in [2.05, 4.69) is 38.1 Å². The molecule has 0 radical (unpaired) electrons. The quantitative estimate of drug-likeness (QED) is 0.601. The van der Waals surface area contributed by atoms with Crippen LogP contribution in [0.25, 0.3) is 0 Å². The molecule has 2 aromatic rings. The first-order valence-electron chi connectivity index (χ1n) is 8.09. The molecule has 0 saturated heterocycles. The predicted molar refractivity (Wildman–Crippen MR) is 90.3 cm³/mol. The zero-order valence-electron chi connectivity index (χ0n) is 13.7. The first kappa shape index (κ1) is 17.4. The van der Waals surface area contributed by atoms with Crippen LogP contribution in [0.15, 0.2) is 48.5 Å². The molecule has 0 heterocycles. The van der Waals surface area contributed by atoms with E-state index >= 15 is 0 Å². The van der Waals surface area contributed by atoms with Gasteiger partial charge in [0.25, 0.3) is 0 Å². The van der Waals surface area contributed by atoms with E-state index < -0.39 is 0 Å². The van der Waals surface area contributed by atoms with Gasteiger partial charge in [0.05, 0.1) is 0 Å².